The molecule has 1 heterocycles. The number of aryl methyl sites for hydroxylation is 1. The molecule has 5 heteroatoms. The van der Waals surface area contributed by atoms with E-state index in [1.54, 1.807) is 13.0 Å². The Balaban J connectivity index is 2.29. The summed E-state index contributed by atoms with van der Waals surface area (Å²) < 4.78 is 5.06. The topological polar surface area (TPSA) is 72.3 Å². The molecule has 0 fully saturated rings. The van der Waals surface area contributed by atoms with Crippen LogP contribution in [0.25, 0.3) is 11.3 Å². The van der Waals surface area contributed by atoms with Crippen molar-refractivity contribution in [2.75, 3.05) is 6.61 Å². The first-order valence-electron chi connectivity index (χ1n) is 5.41. The number of carbonyl (C=O) groups is 1. The lowest BCUT2D eigenvalue weighted by Gasteiger charge is -2.06. The molecule has 5 nitrogen and oxygen atoms in total. The Bertz CT molecular complexity index is 555. The molecule has 0 aliphatic heterocycles. The standard InChI is InChI=1S/C13H12N2O3/c1-9-14-11(10-5-3-2-4-6-10)7-12(15-9)18-8-13(16)17/h2-7H,8H2,1H3,(H,16,17). The quantitative estimate of drug-likeness (QED) is 0.889. The average Bonchev–Trinajstić information content (AvgIpc) is 2.37. The fourth-order valence-electron chi connectivity index (χ4n) is 1.51. The van der Waals surface area contributed by atoms with Crippen LogP contribution in [0.4, 0.5) is 0 Å². The van der Waals surface area contributed by atoms with Crippen LogP contribution in [0.3, 0.4) is 0 Å². The molecule has 0 spiro atoms. The molecule has 0 bridgehead atoms. The van der Waals surface area contributed by atoms with Crippen molar-refractivity contribution >= 4 is 5.97 Å². The van der Waals surface area contributed by atoms with E-state index in [1.807, 2.05) is 30.3 Å². The van der Waals surface area contributed by atoms with Gasteiger partial charge in [-0.15, -0.1) is 0 Å². The maximum atomic E-state index is 10.4. The predicted octanol–water partition coefficient (Wildman–Crippen LogP) is 1.92. The molecule has 1 aromatic heterocycles. The summed E-state index contributed by atoms with van der Waals surface area (Å²) >= 11 is 0. The van der Waals surface area contributed by atoms with E-state index in [2.05, 4.69) is 9.97 Å². The lowest BCUT2D eigenvalue weighted by molar-refractivity contribution is -0.139. The summed E-state index contributed by atoms with van der Waals surface area (Å²) in [5.41, 5.74) is 1.65. The van der Waals surface area contributed by atoms with Gasteiger partial charge >= 0.3 is 5.97 Å². The Morgan fingerprint density at radius 3 is 2.67 bits per heavy atom. The van der Waals surface area contributed by atoms with Gasteiger partial charge in [-0.3, -0.25) is 0 Å². The van der Waals surface area contributed by atoms with Crippen LogP contribution in [0.15, 0.2) is 36.4 Å². The third-order valence-electron chi connectivity index (χ3n) is 2.23. The number of nitrogens with zero attached hydrogens (tertiary/aromatic N) is 2. The third-order valence-corrected chi connectivity index (χ3v) is 2.23. The van der Waals surface area contributed by atoms with Crippen LogP contribution in [0.2, 0.25) is 0 Å². The maximum absolute atomic E-state index is 10.4. The molecule has 0 aliphatic rings. The van der Waals surface area contributed by atoms with Crippen LogP contribution < -0.4 is 4.74 Å². The summed E-state index contributed by atoms with van der Waals surface area (Å²) in [7, 11) is 0. The molecular weight excluding hydrogens is 232 g/mol. The van der Waals surface area contributed by atoms with Crippen molar-refractivity contribution < 1.29 is 14.6 Å². The van der Waals surface area contributed by atoms with E-state index < -0.39 is 12.6 Å². The van der Waals surface area contributed by atoms with Gasteiger partial charge in [-0.1, -0.05) is 30.3 Å². The van der Waals surface area contributed by atoms with Crippen molar-refractivity contribution in [1.82, 2.24) is 9.97 Å². The molecule has 0 atom stereocenters. The molecule has 0 saturated heterocycles. The van der Waals surface area contributed by atoms with Crippen LogP contribution in [0, 0.1) is 6.92 Å². The second kappa shape index (κ2) is 5.27. The minimum atomic E-state index is -1.03. The Labute approximate surface area is 104 Å². The van der Waals surface area contributed by atoms with Crippen LogP contribution in [-0.4, -0.2) is 27.7 Å². The van der Waals surface area contributed by atoms with E-state index in [9.17, 15) is 4.79 Å². The molecule has 0 unspecified atom stereocenters. The van der Waals surface area contributed by atoms with Gasteiger partial charge in [0, 0.05) is 11.6 Å². The molecule has 0 radical (unpaired) electrons. The number of hydrogen-bond donors (Lipinski definition) is 1. The van der Waals surface area contributed by atoms with Gasteiger partial charge in [-0.25, -0.2) is 9.78 Å². The highest BCUT2D eigenvalue weighted by atomic mass is 16.5. The van der Waals surface area contributed by atoms with E-state index in [-0.39, 0.29) is 5.88 Å². The van der Waals surface area contributed by atoms with Gasteiger partial charge in [-0.05, 0) is 6.92 Å². The molecule has 2 aromatic rings. The lowest BCUT2D eigenvalue weighted by Crippen LogP contribution is -2.11. The van der Waals surface area contributed by atoms with Gasteiger partial charge in [0.2, 0.25) is 5.88 Å². The average molecular weight is 244 g/mol. The highest BCUT2D eigenvalue weighted by molar-refractivity contribution is 5.68. The molecular formula is C13H12N2O3. The highest BCUT2D eigenvalue weighted by Crippen LogP contribution is 2.20. The van der Waals surface area contributed by atoms with Gasteiger partial charge in [0.25, 0.3) is 0 Å². The highest BCUT2D eigenvalue weighted by Gasteiger charge is 2.06. The summed E-state index contributed by atoms with van der Waals surface area (Å²) in [5.74, 6) is -0.229. The van der Waals surface area contributed by atoms with Gasteiger partial charge in [-0.2, -0.15) is 4.98 Å². The molecule has 0 saturated carbocycles. The van der Waals surface area contributed by atoms with Gasteiger partial charge in [0.15, 0.2) is 6.61 Å². The van der Waals surface area contributed by atoms with E-state index >= 15 is 0 Å². The van der Waals surface area contributed by atoms with E-state index in [4.69, 9.17) is 9.84 Å². The van der Waals surface area contributed by atoms with Crippen LogP contribution >= 0.6 is 0 Å². The Morgan fingerprint density at radius 2 is 2.00 bits per heavy atom. The van der Waals surface area contributed by atoms with Crippen LogP contribution in [0.5, 0.6) is 5.88 Å². The summed E-state index contributed by atoms with van der Waals surface area (Å²) in [6.45, 7) is 1.32. The number of hydrogen-bond acceptors (Lipinski definition) is 4. The molecule has 1 aromatic carbocycles. The Hall–Kier alpha value is -2.43. The smallest absolute Gasteiger partial charge is 0.341 e. The largest absolute Gasteiger partial charge is 0.479 e. The third kappa shape index (κ3) is 3.04. The lowest BCUT2D eigenvalue weighted by atomic mass is 10.1. The zero-order valence-electron chi connectivity index (χ0n) is 9.83. The van der Waals surface area contributed by atoms with Crippen LogP contribution in [-0.2, 0) is 4.79 Å². The molecule has 18 heavy (non-hydrogen) atoms. The maximum Gasteiger partial charge on any atom is 0.341 e. The number of aliphatic carboxylic acids is 1. The fraction of sp³-hybridized carbons (Fsp3) is 0.154. The van der Waals surface area contributed by atoms with E-state index in [0.29, 0.717) is 11.5 Å². The zero-order chi connectivity index (χ0) is 13.0. The van der Waals surface area contributed by atoms with E-state index in [0.717, 1.165) is 5.56 Å². The van der Waals surface area contributed by atoms with E-state index in [1.165, 1.54) is 0 Å². The summed E-state index contributed by atoms with van der Waals surface area (Å²) in [5, 5.41) is 8.56. The number of rotatable bonds is 4. The number of carboxylic acid groups (broad SMARTS) is 1. The number of benzene rings is 1. The van der Waals surface area contributed by atoms with Crippen molar-refractivity contribution in [3.8, 4) is 17.1 Å². The predicted molar refractivity (Wildman–Crippen MR) is 65.3 cm³/mol. The van der Waals surface area contributed by atoms with Gasteiger partial charge in [0.05, 0.1) is 5.69 Å². The number of aromatic nitrogens is 2. The number of carboxylic acids is 1. The minimum Gasteiger partial charge on any atom is -0.479 e. The molecule has 0 aliphatic carbocycles. The van der Waals surface area contributed by atoms with Crippen molar-refractivity contribution in [3.05, 3.63) is 42.2 Å². The first kappa shape index (κ1) is 12.0. The Morgan fingerprint density at radius 1 is 1.28 bits per heavy atom. The van der Waals surface area contributed by atoms with Crippen LogP contribution in [0.1, 0.15) is 5.82 Å². The summed E-state index contributed by atoms with van der Waals surface area (Å²) in [6.07, 6.45) is 0. The van der Waals surface area contributed by atoms with Crippen molar-refractivity contribution in [2.45, 2.75) is 6.92 Å². The normalized spacial score (nSPS) is 10.1. The molecule has 1 N–H and O–H groups in total. The molecule has 0 amide bonds. The van der Waals surface area contributed by atoms with Crippen molar-refractivity contribution in [3.63, 3.8) is 0 Å². The first-order valence-corrected chi connectivity index (χ1v) is 5.41. The molecule has 92 valence electrons. The second-order valence-corrected chi connectivity index (χ2v) is 3.69. The minimum absolute atomic E-state index is 0.267. The fourth-order valence-corrected chi connectivity index (χ4v) is 1.51. The van der Waals surface area contributed by atoms with Gasteiger partial charge < -0.3 is 9.84 Å². The SMILES string of the molecule is Cc1nc(OCC(=O)O)cc(-c2ccccc2)n1. The van der Waals surface area contributed by atoms with Crippen molar-refractivity contribution in [1.29, 1.82) is 0 Å². The summed E-state index contributed by atoms with van der Waals surface area (Å²) in [6, 6.07) is 11.2. The van der Waals surface area contributed by atoms with Gasteiger partial charge in [0.1, 0.15) is 5.82 Å². The van der Waals surface area contributed by atoms with Crippen molar-refractivity contribution in [2.24, 2.45) is 0 Å². The monoisotopic (exact) mass is 244 g/mol. The zero-order valence-corrected chi connectivity index (χ0v) is 9.83. The molecule has 2 rings (SSSR count). The Kier molecular flexibility index (Phi) is 3.52. The summed E-state index contributed by atoms with van der Waals surface area (Å²) in [4.78, 5) is 18.8. The second-order valence-electron chi connectivity index (χ2n) is 3.69. The number of ether oxygens (including phenoxy) is 1. The first-order chi connectivity index (χ1) is 8.65.